The quantitative estimate of drug-likeness (QED) is 0.753. The van der Waals surface area contributed by atoms with E-state index in [9.17, 15) is 4.79 Å². The Morgan fingerprint density at radius 1 is 1.23 bits per heavy atom. The van der Waals surface area contributed by atoms with Crippen molar-refractivity contribution in [1.82, 2.24) is 9.97 Å². The Bertz CT molecular complexity index is 507. The molecule has 1 heterocycles. The maximum atomic E-state index is 12.0. The fourth-order valence-electron chi connectivity index (χ4n) is 3.30. The van der Waals surface area contributed by atoms with Gasteiger partial charge < -0.3 is 4.74 Å². The molecule has 0 aliphatic heterocycles. The third kappa shape index (κ3) is 3.47. The molecule has 0 saturated carbocycles. The van der Waals surface area contributed by atoms with E-state index in [4.69, 9.17) is 14.7 Å². The summed E-state index contributed by atoms with van der Waals surface area (Å²) in [4.78, 5) is 21.7. The summed E-state index contributed by atoms with van der Waals surface area (Å²) >= 11 is 0. The number of carbonyl (C=O) groups excluding carboxylic acids is 1. The van der Waals surface area contributed by atoms with Crippen LogP contribution in [0.15, 0.2) is 0 Å². The van der Waals surface area contributed by atoms with Crippen LogP contribution in [0, 0.1) is 5.92 Å². The summed E-state index contributed by atoms with van der Waals surface area (Å²) in [5.41, 5.74) is 3.48. The average Bonchev–Trinajstić information content (AvgIpc) is 2.55. The number of fused-ring (bicyclic) bond motifs is 1. The Hall–Kier alpha value is -1.45. The van der Waals surface area contributed by atoms with Crippen LogP contribution < -0.4 is 0 Å². The second-order valence-corrected chi connectivity index (χ2v) is 6.01. The summed E-state index contributed by atoms with van der Waals surface area (Å²) in [6.07, 6.45) is 5.48. The van der Waals surface area contributed by atoms with Crippen molar-refractivity contribution in [2.75, 3.05) is 6.61 Å². The van der Waals surface area contributed by atoms with Crippen LogP contribution in [0.4, 0.5) is 0 Å². The van der Waals surface area contributed by atoms with Crippen molar-refractivity contribution < 1.29 is 9.53 Å². The molecule has 4 heteroatoms. The fraction of sp³-hybridized carbons (Fsp3) is 0.722. The SMILES string of the molecule is CCOC(=O)C1CCc2nc(C(CC)CC)nc(CC)c2C1. The van der Waals surface area contributed by atoms with Crippen LogP contribution in [0.3, 0.4) is 0 Å². The first-order valence-electron chi connectivity index (χ1n) is 8.69. The van der Waals surface area contributed by atoms with Gasteiger partial charge >= 0.3 is 5.97 Å². The summed E-state index contributed by atoms with van der Waals surface area (Å²) in [5, 5.41) is 0. The smallest absolute Gasteiger partial charge is 0.309 e. The molecule has 0 amide bonds. The van der Waals surface area contributed by atoms with E-state index in [1.807, 2.05) is 6.92 Å². The van der Waals surface area contributed by atoms with Gasteiger partial charge in [-0.15, -0.1) is 0 Å². The molecule has 0 N–H and O–H groups in total. The van der Waals surface area contributed by atoms with Crippen molar-refractivity contribution in [1.29, 1.82) is 0 Å². The highest BCUT2D eigenvalue weighted by Crippen LogP contribution is 2.30. The van der Waals surface area contributed by atoms with Crippen LogP contribution in [0.5, 0.6) is 0 Å². The molecule has 0 aromatic carbocycles. The third-order valence-electron chi connectivity index (χ3n) is 4.68. The van der Waals surface area contributed by atoms with E-state index in [0.29, 0.717) is 12.5 Å². The zero-order valence-electron chi connectivity index (χ0n) is 14.3. The fourth-order valence-corrected chi connectivity index (χ4v) is 3.30. The van der Waals surface area contributed by atoms with Gasteiger partial charge in [0.2, 0.25) is 0 Å². The molecule has 2 rings (SSSR count). The van der Waals surface area contributed by atoms with Crippen LogP contribution in [0.2, 0.25) is 0 Å². The monoisotopic (exact) mass is 304 g/mol. The molecule has 1 aromatic rings. The molecular formula is C18H28N2O2. The third-order valence-corrected chi connectivity index (χ3v) is 4.68. The summed E-state index contributed by atoms with van der Waals surface area (Å²) in [7, 11) is 0. The molecule has 1 aliphatic carbocycles. The molecule has 0 saturated heterocycles. The van der Waals surface area contributed by atoms with E-state index >= 15 is 0 Å². The van der Waals surface area contributed by atoms with Gasteiger partial charge in [0, 0.05) is 17.3 Å². The highest BCUT2D eigenvalue weighted by molar-refractivity contribution is 5.73. The second-order valence-electron chi connectivity index (χ2n) is 6.01. The van der Waals surface area contributed by atoms with Gasteiger partial charge in [0.1, 0.15) is 5.82 Å². The zero-order chi connectivity index (χ0) is 16.1. The van der Waals surface area contributed by atoms with Gasteiger partial charge in [-0.1, -0.05) is 20.8 Å². The van der Waals surface area contributed by atoms with Gasteiger partial charge in [0.05, 0.1) is 12.5 Å². The van der Waals surface area contributed by atoms with Crippen molar-refractivity contribution in [3.05, 3.63) is 22.8 Å². The Morgan fingerprint density at radius 2 is 1.95 bits per heavy atom. The summed E-state index contributed by atoms with van der Waals surface area (Å²) in [5.74, 6) is 1.34. The molecule has 22 heavy (non-hydrogen) atoms. The molecule has 122 valence electrons. The number of ether oxygens (including phenoxy) is 1. The van der Waals surface area contributed by atoms with Crippen molar-refractivity contribution >= 4 is 5.97 Å². The van der Waals surface area contributed by atoms with Crippen molar-refractivity contribution in [2.45, 2.75) is 72.1 Å². The molecular weight excluding hydrogens is 276 g/mol. The lowest BCUT2D eigenvalue weighted by Crippen LogP contribution is -2.27. The Morgan fingerprint density at radius 3 is 2.55 bits per heavy atom. The highest BCUT2D eigenvalue weighted by atomic mass is 16.5. The first-order valence-corrected chi connectivity index (χ1v) is 8.69. The normalized spacial score (nSPS) is 17.4. The van der Waals surface area contributed by atoms with E-state index < -0.39 is 0 Å². The molecule has 0 spiro atoms. The highest BCUT2D eigenvalue weighted by Gasteiger charge is 2.29. The molecule has 0 bridgehead atoms. The van der Waals surface area contributed by atoms with Crippen LogP contribution >= 0.6 is 0 Å². The van der Waals surface area contributed by atoms with Gasteiger partial charge in [0.25, 0.3) is 0 Å². The van der Waals surface area contributed by atoms with E-state index in [1.165, 1.54) is 5.56 Å². The minimum atomic E-state index is -0.0701. The lowest BCUT2D eigenvalue weighted by Gasteiger charge is -2.25. The van der Waals surface area contributed by atoms with Crippen LogP contribution in [0.25, 0.3) is 0 Å². The lowest BCUT2D eigenvalue weighted by atomic mass is 9.85. The molecule has 1 aromatic heterocycles. The number of nitrogens with zero attached hydrogens (tertiary/aromatic N) is 2. The number of hydrogen-bond acceptors (Lipinski definition) is 4. The number of esters is 1. The van der Waals surface area contributed by atoms with E-state index in [0.717, 1.165) is 55.7 Å². The number of aromatic nitrogens is 2. The first-order chi connectivity index (χ1) is 10.6. The maximum Gasteiger partial charge on any atom is 0.309 e. The zero-order valence-corrected chi connectivity index (χ0v) is 14.3. The predicted molar refractivity (Wildman–Crippen MR) is 86.9 cm³/mol. The molecule has 1 aliphatic rings. The van der Waals surface area contributed by atoms with Gasteiger partial charge in [0.15, 0.2) is 0 Å². The van der Waals surface area contributed by atoms with Crippen molar-refractivity contribution in [3.8, 4) is 0 Å². The average molecular weight is 304 g/mol. The minimum absolute atomic E-state index is 0.0275. The largest absolute Gasteiger partial charge is 0.466 e. The Labute approximate surface area is 133 Å². The number of rotatable bonds is 6. The molecule has 1 atom stereocenters. The molecule has 0 radical (unpaired) electrons. The summed E-state index contributed by atoms with van der Waals surface area (Å²) < 4.78 is 5.19. The Balaban J connectivity index is 2.30. The maximum absolute atomic E-state index is 12.0. The topological polar surface area (TPSA) is 52.1 Å². The molecule has 1 unspecified atom stereocenters. The minimum Gasteiger partial charge on any atom is -0.466 e. The van der Waals surface area contributed by atoms with E-state index in [1.54, 1.807) is 0 Å². The van der Waals surface area contributed by atoms with Crippen LogP contribution in [-0.4, -0.2) is 22.5 Å². The van der Waals surface area contributed by atoms with Crippen LogP contribution in [0.1, 0.15) is 75.7 Å². The van der Waals surface area contributed by atoms with E-state index in [2.05, 4.69) is 20.8 Å². The van der Waals surface area contributed by atoms with Crippen LogP contribution in [-0.2, 0) is 28.8 Å². The summed E-state index contributed by atoms with van der Waals surface area (Å²) in [6, 6.07) is 0. The number of carbonyl (C=O) groups is 1. The molecule has 0 fully saturated rings. The second kappa shape index (κ2) is 7.70. The molecule has 4 nitrogen and oxygen atoms in total. The first kappa shape index (κ1) is 16.9. The van der Waals surface area contributed by atoms with Gasteiger partial charge in [-0.25, -0.2) is 9.97 Å². The van der Waals surface area contributed by atoms with Gasteiger partial charge in [-0.2, -0.15) is 0 Å². The van der Waals surface area contributed by atoms with Crippen molar-refractivity contribution in [3.63, 3.8) is 0 Å². The van der Waals surface area contributed by atoms with Gasteiger partial charge in [-0.05, 0) is 51.0 Å². The van der Waals surface area contributed by atoms with Crippen molar-refractivity contribution in [2.24, 2.45) is 5.92 Å². The van der Waals surface area contributed by atoms with Gasteiger partial charge in [-0.3, -0.25) is 4.79 Å². The number of hydrogen-bond donors (Lipinski definition) is 0. The Kier molecular flexibility index (Phi) is 5.92. The predicted octanol–water partition coefficient (Wildman–Crippen LogP) is 3.61. The summed E-state index contributed by atoms with van der Waals surface area (Å²) in [6.45, 7) is 8.83. The standard InChI is InChI=1S/C18H28N2O2/c1-5-12(6-2)17-19-15(7-3)14-11-13(18(21)22-8-4)9-10-16(14)20-17/h12-13H,5-11H2,1-4H3. The lowest BCUT2D eigenvalue weighted by molar-refractivity contribution is -0.148. The van der Waals surface area contributed by atoms with E-state index in [-0.39, 0.29) is 11.9 Å². The number of aryl methyl sites for hydroxylation is 2.